The number of fused-ring (bicyclic) bond motifs is 1. The first-order valence-corrected chi connectivity index (χ1v) is 11.4. The van der Waals surface area contributed by atoms with Gasteiger partial charge < -0.3 is 17.4 Å². The molecule has 3 aromatic rings. The molecule has 0 fully saturated rings. The first kappa shape index (κ1) is 28.3. The Morgan fingerprint density at radius 2 is 1.91 bits per heavy atom. The van der Waals surface area contributed by atoms with Crippen molar-refractivity contribution in [3.8, 4) is 5.75 Å². The summed E-state index contributed by atoms with van der Waals surface area (Å²) < 4.78 is 14.4. The van der Waals surface area contributed by atoms with Crippen molar-refractivity contribution in [3.63, 3.8) is 0 Å². The number of aromatic nitrogens is 4. The van der Waals surface area contributed by atoms with Gasteiger partial charge in [-0.2, -0.15) is 5.10 Å². The molecule has 2 aromatic heterocycles. The SMILES string of the molecule is CCCc1nn(C)c2c(=O)n(CCOc3ccc(CC(OCC)C(=O)O)cc3)c(CC)nc12.[Ca+2].[H-].[H-]. The Kier molecular flexibility index (Phi) is 11.0. The Morgan fingerprint density at radius 3 is 2.50 bits per heavy atom. The van der Waals surface area contributed by atoms with Crippen LogP contribution in [0, 0.1) is 0 Å². The van der Waals surface area contributed by atoms with E-state index in [4.69, 9.17) is 14.5 Å². The standard InChI is InChI=1S/C24H32N4O5.Ca.2H/c1-5-8-18-21-22(27(4)26-18)23(29)28(20(6-2)25-21)13-14-33-17-11-9-16(10-12-17)15-19(24(30)31)32-7-3;;;/h9-12,19H,5-8,13-15H2,1-4H3,(H,30,31);;;/q;+2;2*-1. The fourth-order valence-electron chi connectivity index (χ4n) is 3.88. The number of aryl methyl sites for hydroxylation is 3. The first-order valence-electron chi connectivity index (χ1n) is 11.4. The third-order valence-electron chi connectivity index (χ3n) is 5.47. The van der Waals surface area contributed by atoms with Crippen molar-refractivity contribution >= 4 is 54.7 Å². The van der Waals surface area contributed by atoms with Crippen molar-refractivity contribution in [2.45, 2.75) is 59.1 Å². The largest absolute Gasteiger partial charge is 2.00 e. The van der Waals surface area contributed by atoms with E-state index < -0.39 is 12.1 Å². The number of ether oxygens (including phenoxy) is 2. The molecule has 1 unspecified atom stereocenters. The average molecular weight is 499 g/mol. The van der Waals surface area contributed by atoms with E-state index in [2.05, 4.69) is 12.0 Å². The maximum atomic E-state index is 13.2. The molecule has 0 spiro atoms. The van der Waals surface area contributed by atoms with Crippen LogP contribution in [0.3, 0.4) is 0 Å². The second kappa shape index (κ2) is 13.2. The van der Waals surface area contributed by atoms with Gasteiger partial charge >= 0.3 is 43.7 Å². The molecule has 0 aliphatic heterocycles. The number of carbonyl (C=O) groups is 1. The zero-order valence-electron chi connectivity index (χ0n) is 22.4. The molecule has 2 heterocycles. The zero-order valence-corrected chi connectivity index (χ0v) is 22.6. The minimum Gasteiger partial charge on any atom is -1.00 e. The van der Waals surface area contributed by atoms with Crippen LogP contribution in [0.1, 0.15) is 47.1 Å². The summed E-state index contributed by atoms with van der Waals surface area (Å²) in [5.41, 5.74) is 2.81. The number of nitrogens with zero attached hydrogens (tertiary/aromatic N) is 4. The third-order valence-corrected chi connectivity index (χ3v) is 5.47. The van der Waals surface area contributed by atoms with Gasteiger partial charge in [-0.15, -0.1) is 0 Å². The number of rotatable bonds is 12. The molecule has 182 valence electrons. The predicted octanol–water partition coefficient (Wildman–Crippen LogP) is 2.60. The molecule has 1 N–H and O–H groups in total. The van der Waals surface area contributed by atoms with Crippen LogP contribution in [0.4, 0.5) is 0 Å². The molecule has 0 aliphatic carbocycles. The van der Waals surface area contributed by atoms with E-state index >= 15 is 0 Å². The fourth-order valence-corrected chi connectivity index (χ4v) is 3.88. The topological polar surface area (TPSA) is 108 Å². The average Bonchev–Trinajstić information content (AvgIpc) is 3.11. The van der Waals surface area contributed by atoms with Gasteiger partial charge in [0.25, 0.3) is 5.56 Å². The van der Waals surface area contributed by atoms with Crippen LogP contribution in [0.15, 0.2) is 29.1 Å². The number of hydrogen-bond acceptors (Lipinski definition) is 6. The normalized spacial score (nSPS) is 11.9. The molecule has 0 radical (unpaired) electrons. The molecule has 34 heavy (non-hydrogen) atoms. The van der Waals surface area contributed by atoms with Gasteiger partial charge in [-0.05, 0) is 31.0 Å². The maximum absolute atomic E-state index is 13.2. The number of carboxylic acids is 1. The molecular weight excluding hydrogens is 464 g/mol. The zero-order chi connectivity index (χ0) is 24.0. The van der Waals surface area contributed by atoms with Crippen molar-refractivity contribution < 1.29 is 22.2 Å². The summed E-state index contributed by atoms with van der Waals surface area (Å²) in [6.45, 7) is 6.84. The summed E-state index contributed by atoms with van der Waals surface area (Å²) in [6, 6.07) is 7.24. The van der Waals surface area contributed by atoms with Gasteiger partial charge in [0.2, 0.25) is 0 Å². The van der Waals surface area contributed by atoms with Crippen LogP contribution in [0.2, 0.25) is 0 Å². The number of benzene rings is 1. The molecule has 0 saturated carbocycles. The molecule has 9 nitrogen and oxygen atoms in total. The van der Waals surface area contributed by atoms with E-state index in [-0.39, 0.29) is 52.6 Å². The van der Waals surface area contributed by atoms with Crippen molar-refractivity contribution in [2.24, 2.45) is 7.05 Å². The van der Waals surface area contributed by atoms with Crippen molar-refractivity contribution in [1.29, 1.82) is 0 Å². The molecule has 0 amide bonds. The summed E-state index contributed by atoms with van der Waals surface area (Å²) in [4.78, 5) is 29.2. The van der Waals surface area contributed by atoms with Crippen molar-refractivity contribution in [1.82, 2.24) is 19.3 Å². The second-order valence-corrected chi connectivity index (χ2v) is 7.83. The van der Waals surface area contributed by atoms with E-state index in [0.29, 0.717) is 48.8 Å². The minimum atomic E-state index is -0.977. The third kappa shape index (κ3) is 6.59. The molecule has 1 atom stereocenters. The maximum Gasteiger partial charge on any atom is 2.00 e. The van der Waals surface area contributed by atoms with Gasteiger partial charge in [-0.3, -0.25) is 14.0 Å². The van der Waals surface area contributed by atoms with E-state index in [9.17, 15) is 14.7 Å². The Labute approximate surface area is 232 Å². The Morgan fingerprint density at radius 1 is 1.21 bits per heavy atom. The molecule has 1 aromatic carbocycles. The van der Waals surface area contributed by atoms with E-state index in [1.807, 2.05) is 19.1 Å². The number of carboxylic acid groups (broad SMARTS) is 1. The van der Waals surface area contributed by atoms with Crippen molar-refractivity contribution in [3.05, 3.63) is 51.7 Å². The van der Waals surface area contributed by atoms with Crippen LogP contribution >= 0.6 is 0 Å². The van der Waals surface area contributed by atoms with Gasteiger partial charge in [0.05, 0.1) is 12.2 Å². The van der Waals surface area contributed by atoms with Gasteiger partial charge in [-0.1, -0.05) is 32.4 Å². The molecule has 0 aliphatic rings. The van der Waals surface area contributed by atoms with Gasteiger partial charge in [0.15, 0.2) is 11.6 Å². The number of aliphatic carboxylic acids is 1. The fraction of sp³-hybridized carbons (Fsp3) is 0.500. The first-order chi connectivity index (χ1) is 15.9. The van der Waals surface area contributed by atoms with E-state index in [1.54, 1.807) is 35.4 Å². The van der Waals surface area contributed by atoms with Gasteiger partial charge in [0, 0.05) is 26.5 Å². The summed E-state index contributed by atoms with van der Waals surface area (Å²) in [6.07, 6.45) is 1.77. The monoisotopic (exact) mass is 498 g/mol. The molecule has 0 bridgehead atoms. The summed E-state index contributed by atoms with van der Waals surface area (Å²) in [7, 11) is 1.78. The molecule has 10 heteroatoms. The van der Waals surface area contributed by atoms with E-state index in [0.717, 1.165) is 24.1 Å². The predicted molar refractivity (Wildman–Crippen MR) is 133 cm³/mol. The van der Waals surface area contributed by atoms with Crippen LogP contribution < -0.4 is 10.3 Å². The summed E-state index contributed by atoms with van der Waals surface area (Å²) >= 11 is 0. The number of hydrogen-bond donors (Lipinski definition) is 1. The Balaban J connectivity index is 0.00000408. The van der Waals surface area contributed by atoms with Crippen molar-refractivity contribution in [2.75, 3.05) is 13.2 Å². The van der Waals surface area contributed by atoms with Crippen LogP contribution in [0.5, 0.6) is 5.75 Å². The molecule has 3 rings (SSSR count). The smallest absolute Gasteiger partial charge is 1.00 e. The minimum absolute atomic E-state index is 0. The van der Waals surface area contributed by atoms with Crippen LogP contribution in [-0.4, -0.2) is 87.5 Å². The molecular formula is C24H34CaN4O5. The second-order valence-electron chi connectivity index (χ2n) is 7.83. The van der Waals surface area contributed by atoms with Crippen LogP contribution in [-0.2, 0) is 42.4 Å². The summed E-state index contributed by atoms with van der Waals surface area (Å²) in [5, 5.41) is 13.7. The Hall–Kier alpha value is -1.94. The summed E-state index contributed by atoms with van der Waals surface area (Å²) in [5.74, 6) is 0.385. The quantitative estimate of drug-likeness (QED) is 0.382. The van der Waals surface area contributed by atoms with Crippen LogP contribution in [0.25, 0.3) is 11.0 Å². The Bertz CT molecular complexity index is 1170. The molecule has 0 saturated heterocycles. The van der Waals surface area contributed by atoms with Gasteiger partial charge in [-0.25, -0.2) is 9.78 Å². The van der Waals surface area contributed by atoms with Gasteiger partial charge in [0.1, 0.15) is 23.7 Å². The van der Waals surface area contributed by atoms with E-state index in [1.165, 1.54) is 0 Å².